The van der Waals surface area contributed by atoms with Gasteiger partial charge in [0.15, 0.2) is 0 Å². The average molecular weight is 307 g/mol. The highest BCUT2D eigenvalue weighted by molar-refractivity contribution is 5.21. The molecule has 0 spiro atoms. The molecular formula is C21H25NO. The Hall–Kier alpha value is -2.08. The van der Waals surface area contributed by atoms with E-state index in [1.54, 1.807) is 0 Å². The minimum absolute atomic E-state index is 0.00100. The lowest BCUT2D eigenvalue weighted by Crippen LogP contribution is -2.40. The van der Waals surface area contributed by atoms with Gasteiger partial charge >= 0.3 is 0 Å². The summed E-state index contributed by atoms with van der Waals surface area (Å²) in [5, 5.41) is 14.3. The predicted molar refractivity (Wildman–Crippen MR) is 95.7 cm³/mol. The molecule has 2 aromatic rings. The maximum Gasteiger partial charge on any atom is 0.0955 e. The molecule has 0 bridgehead atoms. The van der Waals surface area contributed by atoms with Gasteiger partial charge in [0.05, 0.1) is 12.1 Å². The van der Waals surface area contributed by atoms with Gasteiger partial charge in [0.1, 0.15) is 0 Å². The van der Waals surface area contributed by atoms with Gasteiger partial charge in [-0.1, -0.05) is 74.0 Å². The van der Waals surface area contributed by atoms with E-state index in [4.69, 9.17) is 6.42 Å². The molecule has 0 saturated carbocycles. The highest BCUT2D eigenvalue weighted by atomic mass is 16.3. The van der Waals surface area contributed by atoms with Crippen molar-refractivity contribution in [1.29, 1.82) is 0 Å². The van der Waals surface area contributed by atoms with Crippen LogP contribution in [0.4, 0.5) is 0 Å². The van der Waals surface area contributed by atoms with Crippen LogP contribution in [0.5, 0.6) is 0 Å². The monoisotopic (exact) mass is 307 g/mol. The van der Waals surface area contributed by atoms with Crippen LogP contribution in [-0.4, -0.2) is 11.1 Å². The summed E-state index contributed by atoms with van der Waals surface area (Å²) >= 11 is 0. The van der Waals surface area contributed by atoms with E-state index in [2.05, 4.69) is 30.3 Å². The summed E-state index contributed by atoms with van der Waals surface area (Å²) in [4.78, 5) is 0. The van der Waals surface area contributed by atoms with Gasteiger partial charge < -0.3 is 10.4 Å². The Labute approximate surface area is 139 Å². The van der Waals surface area contributed by atoms with Crippen molar-refractivity contribution in [2.45, 2.75) is 38.5 Å². The lowest BCUT2D eigenvalue weighted by atomic mass is 9.88. The van der Waals surface area contributed by atoms with Crippen LogP contribution in [0.3, 0.4) is 0 Å². The van der Waals surface area contributed by atoms with Crippen LogP contribution in [0.2, 0.25) is 0 Å². The van der Waals surface area contributed by atoms with Crippen molar-refractivity contribution in [1.82, 2.24) is 5.32 Å². The first kappa shape index (κ1) is 17.3. The second-order valence-electron chi connectivity index (χ2n) is 5.81. The second kappa shape index (κ2) is 9.15. The van der Waals surface area contributed by atoms with Gasteiger partial charge in [0.2, 0.25) is 0 Å². The molecule has 2 aromatic carbocycles. The molecule has 0 aliphatic rings. The van der Waals surface area contributed by atoms with Crippen LogP contribution >= 0.6 is 0 Å². The van der Waals surface area contributed by atoms with Crippen LogP contribution in [-0.2, 0) is 6.54 Å². The van der Waals surface area contributed by atoms with E-state index in [-0.39, 0.29) is 12.0 Å². The summed E-state index contributed by atoms with van der Waals surface area (Å²) in [6, 6.07) is 19.7. The Bertz CT molecular complexity index is 603. The fraction of sp³-hybridized carbons (Fsp3) is 0.333. The van der Waals surface area contributed by atoms with Gasteiger partial charge in [-0.3, -0.25) is 0 Å². The Kier molecular flexibility index (Phi) is 6.87. The first-order valence-corrected chi connectivity index (χ1v) is 8.22. The van der Waals surface area contributed by atoms with Crippen LogP contribution in [0.15, 0.2) is 60.7 Å². The zero-order valence-corrected chi connectivity index (χ0v) is 13.7. The Morgan fingerprint density at radius 1 is 1.04 bits per heavy atom. The molecule has 0 amide bonds. The smallest absolute Gasteiger partial charge is 0.0955 e. The van der Waals surface area contributed by atoms with E-state index in [9.17, 15) is 5.11 Å². The molecule has 0 fully saturated rings. The van der Waals surface area contributed by atoms with Gasteiger partial charge in [0.25, 0.3) is 0 Å². The summed E-state index contributed by atoms with van der Waals surface area (Å²) in [7, 11) is 0. The zero-order chi connectivity index (χ0) is 16.5. The number of hydrogen-bond acceptors (Lipinski definition) is 2. The minimum atomic E-state index is -0.618. The van der Waals surface area contributed by atoms with Crippen molar-refractivity contribution in [2.75, 3.05) is 0 Å². The van der Waals surface area contributed by atoms with Crippen molar-refractivity contribution in [3.05, 3.63) is 71.8 Å². The predicted octanol–water partition coefficient (Wildman–Crippen LogP) is 3.93. The van der Waals surface area contributed by atoms with E-state index in [1.165, 1.54) is 5.56 Å². The van der Waals surface area contributed by atoms with E-state index in [0.717, 1.165) is 18.4 Å². The molecule has 2 rings (SSSR count). The Morgan fingerprint density at radius 2 is 1.65 bits per heavy atom. The summed E-state index contributed by atoms with van der Waals surface area (Å²) in [5.74, 6) is 2.87. The van der Waals surface area contributed by atoms with E-state index in [1.807, 2.05) is 48.5 Å². The van der Waals surface area contributed by atoms with E-state index in [0.29, 0.717) is 6.54 Å². The molecule has 2 heteroatoms. The number of aliphatic hydroxyl groups excluding tert-OH is 1. The van der Waals surface area contributed by atoms with Crippen molar-refractivity contribution in [3.63, 3.8) is 0 Å². The molecule has 0 saturated heterocycles. The third-order valence-corrected chi connectivity index (χ3v) is 4.11. The van der Waals surface area contributed by atoms with Crippen LogP contribution < -0.4 is 5.32 Å². The molecule has 0 aromatic heterocycles. The van der Waals surface area contributed by atoms with Crippen molar-refractivity contribution >= 4 is 0 Å². The van der Waals surface area contributed by atoms with Gasteiger partial charge in [-0.25, -0.2) is 0 Å². The molecule has 2 N–H and O–H groups in total. The highest BCUT2D eigenvalue weighted by Gasteiger charge is 2.27. The molecule has 0 radical (unpaired) electrons. The molecular weight excluding hydrogens is 282 g/mol. The molecule has 2 nitrogen and oxygen atoms in total. The maximum absolute atomic E-state index is 10.8. The minimum Gasteiger partial charge on any atom is -0.387 e. The number of benzene rings is 2. The molecule has 0 unspecified atom stereocenters. The van der Waals surface area contributed by atoms with Crippen LogP contribution in [0, 0.1) is 18.3 Å². The summed E-state index contributed by atoms with van der Waals surface area (Å²) in [6.45, 7) is 2.81. The molecule has 3 atom stereocenters. The SMILES string of the molecule is C#C[C@H](CCC)[C@H](NCc1ccccc1)[C@H](O)c1ccccc1. The fourth-order valence-corrected chi connectivity index (χ4v) is 2.84. The van der Waals surface area contributed by atoms with Crippen molar-refractivity contribution < 1.29 is 5.11 Å². The summed E-state index contributed by atoms with van der Waals surface area (Å²) in [6.07, 6.45) is 7.02. The maximum atomic E-state index is 10.8. The number of rotatable bonds is 8. The number of nitrogens with one attached hydrogen (secondary N) is 1. The standard InChI is InChI=1S/C21H25NO/c1-3-11-18(4-2)20(21(23)19-14-9-6-10-15-19)22-16-17-12-7-5-8-13-17/h2,5-10,12-15,18,20-23H,3,11,16H2,1H3/t18-,20+,21-/m1/s1. The first-order chi connectivity index (χ1) is 11.3. The fourth-order valence-electron chi connectivity index (χ4n) is 2.84. The number of terminal acetylenes is 1. The van der Waals surface area contributed by atoms with Gasteiger partial charge in [-0.2, -0.15) is 0 Å². The first-order valence-electron chi connectivity index (χ1n) is 8.22. The number of hydrogen-bond donors (Lipinski definition) is 2. The normalized spacial score (nSPS) is 14.7. The molecule has 0 aliphatic carbocycles. The zero-order valence-electron chi connectivity index (χ0n) is 13.7. The number of aliphatic hydroxyl groups is 1. The Balaban J connectivity index is 2.15. The summed E-state index contributed by atoms with van der Waals surface area (Å²) in [5.41, 5.74) is 2.08. The molecule has 0 heterocycles. The van der Waals surface area contributed by atoms with E-state index >= 15 is 0 Å². The lowest BCUT2D eigenvalue weighted by Gasteiger charge is -2.29. The Morgan fingerprint density at radius 3 is 2.22 bits per heavy atom. The van der Waals surface area contributed by atoms with Crippen LogP contribution in [0.25, 0.3) is 0 Å². The van der Waals surface area contributed by atoms with Gasteiger partial charge in [-0.15, -0.1) is 12.3 Å². The largest absolute Gasteiger partial charge is 0.387 e. The average Bonchev–Trinajstić information content (AvgIpc) is 2.62. The molecule has 23 heavy (non-hydrogen) atoms. The van der Waals surface area contributed by atoms with Gasteiger partial charge in [-0.05, 0) is 17.5 Å². The van der Waals surface area contributed by atoms with Crippen LogP contribution in [0.1, 0.15) is 37.0 Å². The summed E-state index contributed by atoms with van der Waals surface area (Å²) < 4.78 is 0. The van der Waals surface area contributed by atoms with Crippen molar-refractivity contribution in [3.8, 4) is 12.3 Å². The highest BCUT2D eigenvalue weighted by Crippen LogP contribution is 2.25. The van der Waals surface area contributed by atoms with E-state index < -0.39 is 6.10 Å². The molecule has 0 aliphatic heterocycles. The quantitative estimate of drug-likeness (QED) is 0.724. The lowest BCUT2D eigenvalue weighted by molar-refractivity contribution is 0.106. The third-order valence-electron chi connectivity index (χ3n) is 4.11. The topological polar surface area (TPSA) is 32.3 Å². The van der Waals surface area contributed by atoms with Crippen molar-refractivity contribution in [2.24, 2.45) is 5.92 Å². The second-order valence-corrected chi connectivity index (χ2v) is 5.81. The molecule has 120 valence electrons. The third kappa shape index (κ3) is 4.96. The van der Waals surface area contributed by atoms with Gasteiger partial charge in [0, 0.05) is 12.5 Å².